The molecule has 2 aromatic carbocycles. The predicted octanol–water partition coefficient (Wildman–Crippen LogP) is 4.78. The summed E-state index contributed by atoms with van der Waals surface area (Å²) in [6, 6.07) is 14.5. The highest BCUT2D eigenvalue weighted by atomic mass is 16.2. The van der Waals surface area contributed by atoms with Crippen molar-refractivity contribution in [2.24, 2.45) is 0 Å². The van der Waals surface area contributed by atoms with E-state index < -0.39 is 0 Å². The second-order valence-electron chi connectivity index (χ2n) is 8.26. The number of hydrogen-bond acceptors (Lipinski definition) is 3. The zero-order valence-corrected chi connectivity index (χ0v) is 18.6. The van der Waals surface area contributed by atoms with E-state index in [2.05, 4.69) is 78.7 Å². The Morgan fingerprint density at radius 3 is 2.58 bits per heavy atom. The van der Waals surface area contributed by atoms with Crippen molar-refractivity contribution in [2.45, 2.75) is 33.6 Å². The summed E-state index contributed by atoms with van der Waals surface area (Å²) in [5, 5.41) is 7.56. The second-order valence-corrected chi connectivity index (χ2v) is 8.26. The molecule has 0 saturated carbocycles. The van der Waals surface area contributed by atoms with Gasteiger partial charge in [-0.05, 0) is 73.2 Å². The summed E-state index contributed by atoms with van der Waals surface area (Å²) in [6.45, 7) is 8.41. The third-order valence-electron chi connectivity index (χ3n) is 6.01. The first-order valence-corrected chi connectivity index (χ1v) is 10.9. The van der Waals surface area contributed by atoms with Crippen LogP contribution in [-0.2, 0) is 11.2 Å². The smallest absolute Gasteiger partial charge is 0.238 e. The number of aryl methyl sites for hydroxylation is 3. The highest BCUT2D eigenvalue weighted by molar-refractivity contribution is 5.92. The van der Waals surface area contributed by atoms with Gasteiger partial charge in [0.2, 0.25) is 5.91 Å². The Hall–Kier alpha value is -3.18. The maximum Gasteiger partial charge on any atom is 0.238 e. The molecule has 1 aromatic heterocycles. The van der Waals surface area contributed by atoms with Crippen LogP contribution in [0.15, 0.2) is 60.9 Å². The lowest BCUT2D eigenvalue weighted by molar-refractivity contribution is -0.117. The molecule has 0 fully saturated rings. The van der Waals surface area contributed by atoms with E-state index in [4.69, 9.17) is 0 Å². The van der Waals surface area contributed by atoms with Gasteiger partial charge in [-0.2, -0.15) is 5.10 Å². The van der Waals surface area contributed by atoms with Crippen LogP contribution in [0.3, 0.4) is 0 Å². The Bertz CT molecular complexity index is 1090. The van der Waals surface area contributed by atoms with Crippen molar-refractivity contribution in [3.63, 3.8) is 0 Å². The van der Waals surface area contributed by atoms with Crippen LogP contribution in [0.2, 0.25) is 0 Å². The molecule has 3 aromatic rings. The number of hydrogen-bond donors (Lipinski definition) is 1. The molecular weight excluding hydrogens is 384 g/mol. The van der Waals surface area contributed by atoms with E-state index >= 15 is 0 Å². The topological polar surface area (TPSA) is 50.2 Å². The summed E-state index contributed by atoms with van der Waals surface area (Å²) >= 11 is 0. The minimum atomic E-state index is 0.0312. The third-order valence-corrected chi connectivity index (χ3v) is 6.01. The van der Waals surface area contributed by atoms with Crippen LogP contribution in [-0.4, -0.2) is 40.2 Å². The Labute approximate surface area is 184 Å². The van der Waals surface area contributed by atoms with E-state index in [9.17, 15) is 4.79 Å². The molecule has 2 heterocycles. The molecule has 160 valence electrons. The van der Waals surface area contributed by atoms with Crippen molar-refractivity contribution >= 4 is 17.2 Å². The zero-order chi connectivity index (χ0) is 21.8. The summed E-state index contributed by atoms with van der Waals surface area (Å²) in [6.07, 6.45) is 8.16. The Kier molecular flexibility index (Phi) is 6.33. The molecule has 0 atom stereocenters. The number of carbonyl (C=O) groups excluding carboxylic acids is 1. The number of aromatic nitrogens is 2. The Balaban J connectivity index is 1.34. The molecule has 0 saturated heterocycles. The van der Waals surface area contributed by atoms with Gasteiger partial charge in [0.15, 0.2) is 0 Å². The minimum Gasteiger partial charge on any atom is -0.325 e. The van der Waals surface area contributed by atoms with Crippen LogP contribution in [0.1, 0.15) is 35.6 Å². The molecule has 1 aliphatic rings. The fraction of sp³-hybridized carbons (Fsp3) is 0.308. The third kappa shape index (κ3) is 5.12. The summed E-state index contributed by atoms with van der Waals surface area (Å²) in [5.74, 6) is 0.0312. The monoisotopic (exact) mass is 414 g/mol. The fourth-order valence-electron chi connectivity index (χ4n) is 3.84. The predicted molar refractivity (Wildman–Crippen MR) is 127 cm³/mol. The van der Waals surface area contributed by atoms with Gasteiger partial charge in [-0.1, -0.05) is 31.2 Å². The molecule has 31 heavy (non-hydrogen) atoms. The molecule has 1 amide bonds. The molecule has 0 bridgehead atoms. The Morgan fingerprint density at radius 1 is 1.10 bits per heavy atom. The number of nitrogens with one attached hydrogen (secondary N) is 1. The van der Waals surface area contributed by atoms with Crippen molar-refractivity contribution in [2.75, 3.05) is 25.0 Å². The Morgan fingerprint density at radius 2 is 1.90 bits per heavy atom. The fourth-order valence-corrected chi connectivity index (χ4v) is 3.84. The number of rotatable bonds is 6. The van der Waals surface area contributed by atoms with Gasteiger partial charge in [-0.3, -0.25) is 9.69 Å². The molecular formula is C26H30N4O. The second kappa shape index (κ2) is 9.31. The van der Waals surface area contributed by atoms with E-state index in [1.54, 1.807) is 0 Å². The van der Waals surface area contributed by atoms with Gasteiger partial charge in [0.1, 0.15) is 0 Å². The van der Waals surface area contributed by atoms with E-state index in [0.29, 0.717) is 6.54 Å². The van der Waals surface area contributed by atoms with Gasteiger partial charge >= 0.3 is 0 Å². The van der Waals surface area contributed by atoms with Crippen LogP contribution < -0.4 is 5.32 Å². The molecule has 4 rings (SSSR count). The SMILES string of the molecule is CCc1ccc(NC(=O)CN2CC=C(c3cnn(-c4ccc(C)c(C)c4)c3)CC2)cc1. The number of carbonyl (C=O) groups is 1. The average molecular weight is 415 g/mol. The van der Waals surface area contributed by atoms with Gasteiger partial charge in [0.25, 0.3) is 0 Å². The van der Waals surface area contributed by atoms with Crippen LogP contribution in [0.25, 0.3) is 11.3 Å². The lowest BCUT2D eigenvalue weighted by Gasteiger charge is -2.25. The molecule has 5 heteroatoms. The van der Waals surface area contributed by atoms with Crippen molar-refractivity contribution in [3.05, 3.63) is 83.2 Å². The standard InChI is InChI=1S/C26H30N4O/c1-4-21-6-8-24(9-7-21)28-26(31)18-29-13-11-22(12-14-29)23-16-27-30(17-23)25-10-5-19(2)20(3)15-25/h5-11,15-17H,4,12-14,18H2,1-3H3,(H,28,31). The maximum absolute atomic E-state index is 12.4. The summed E-state index contributed by atoms with van der Waals surface area (Å²) in [5.41, 5.74) is 8.20. The summed E-state index contributed by atoms with van der Waals surface area (Å²) in [7, 11) is 0. The van der Waals surface area contributed by atoms with Crippen LogP contribution in [0, 0.1) is 13.8 Å². The first kappa shape index (κ1) is 21.1. The van der Waals surface area contributed by atoms with E-state index in [1.165, 1.54) is 22.3 Å². The van der Waals surface area contributed by atoms with E-state index in [1.807, 2.05) is 23.0 Å². The van der Waals surface area contributed by atoms with Gasteiger partial charge in [-0.15, -0.1) is 0 Å². The number of anilines is 1. The largest absolute Gasteiger partial charge is 0.325 e. The van der Waals surface area contributed by atoms with Crippen LogP contribution in [0.4, 0.5) is 5.69 Å². The van der Waals surface area contributed by atoms with Crippen molar-refractivity contribution in [3.8, 4) is 5.69 Å². The van der Waals surface area contributed by atoms with Gasteiger partial charge < -0.3 is 5.32 Å². The highest BCUT2D eigenvalue weighted by Gasteiger charge is 2.17. The van der Waals surface area contributed by atoms with Gasteiger partial charge in [-0.25, -0.2) is 4.68 Å². The number of nitrogens with zero attached hydrogens (tertiary/aromatic N) is 3. The number of benzene rings is 2. The first-order chi connectivity index (χ1) is 15.0. The van der Waals surface area contributed by atoms with Crippen LogP contribution in [0.5, 0.6) is 0 Å². The first-order valence-electron chi connectivity index (χ1n) is 10.9. The zero-order valence-electron chi connectivity index (χ0n) is 18.6. The summed E-state index contributed by atoms with van der Waals surface area (Å²) in [4.78, 5) is 14.6. The highest BCUT2D eigenvalue weighted by Crippen LogP contribution is 2.23. The molecule has 0 radical (unpaired) electrons. The summed E-state index contributed by atoms with van der Waals surface area (Å²) < 4.78 is 1.94. The van der Waals surface area contributed by atoms with Crippen molar-refractivity contribution in [1.29, 1.82) is 0 Å². The molecule has 0 unspecified atom stereocenters. The maximum atomic E-state index is 12.4. The van der Waals surface area contributed by atoms with E-state index in [-0.39, 0.29) is 5.91 Å². The quantitative estimate of drug-likeness (QED) is 0.632. The molecule has 1 N–H and O–H groups in total. The van der Waals surface area contributed by atoms with Crippen molar-refractivity contribution in [1.82, 2.24) is 14.7 Å². The minimum absolute atomic E-state index is 0.0312. The molecule has 1 aliphatic heterocycles. The average Bonchev–Trinajstić information content (AvgIpc) is 3.27. The van der Waals surface area contributed by atoms with Crippen molar-refractivity contribution < 1.29 is 4.79 Å². The van der Waals surface area contributed by atoms with Crippen LogP contribution >= 0.6 is 0 Å². The molecule has 0 spiro atoms. The van der Waals surface area contributed by atoms with Gasteiger partial charge in [0.05, 0.1) is 18.4 Å². The number of amides is 1. The normalized spacial score (nSPS) is 14.4. The molecule has 0 aliphatic carbocycles. The van der Waals surface area contributed by atoms with E-state index in [0.717, 1.165) is 42.9 Å². The van der Waals surface area contributed by atoms with Gasteiger partial charge in [0, 0.05) is 30.5 Å². The lowest BCUT2D eigenvalue weighted by Crippen LogP contribution is -2.36. The molecule has 5 nitrogen and oxygen atoms in total. The lowest BCUT2D eigenvalue weighted by atomic mass is 10.0.